The molecule has 0 bridgehead atoms. The number of halogens is 1. The fourth-order valence-corrected chi connectivity index (χ4v) is 3.81. The Morgan fingerprint density at radius 3 is 2.42 bits per heavy atom. The largest absolute Gasteiger partial charge is 0.292 e. The molecule has 0 N–H and O–H groups in total. The second kappa shape index (κ2) is 4.42. The van der Waals surface area contributed by atoms with Crippen molar-refractivity contribution in [3.63, 3.8) is 0 Å². The number of hydrogen-bond acceptors (Lipinski definition) is 4. The molecule has 1 amide bonds. The second-order valence-electron chi connectivity index (χ2n) is 4.73. The minimum Gasteiger partial charge on any atom is -0.292 e. The average Bonchev–Trinajstić information content (AvgIpc) is 2.35. The van der Waals surface area contributed by atoms with E-state index in [1.54, 1.807) is 24.3 Å². The lowest BCUT2D eigenvalue weighted by atomic mass is 10.1. The average molecular weight is 346 g/mol. The van der Waals surface area contributed by atoms with E-state index in [0.29, 0.717) is 14.3 Å². The van der Waals surface area contributed by atoms with Crippen molar-refractivity contribution < 1.29 is 18.0 Å². The second-order valence-corrected chi connectivity index (χ2v) is 8.00. The van der Waals surface area contributed by atoms with Crippen LogP contribution in [0.4, 0.5) is 0 Å². The number of carbonyl (C=O) groups excluding carboxylic acids is 2. The van der Waals surface area contributed by atoms with Crippen LogP contribution < -0.4 is 0 Å². The zero-order chi connectivity index (χ0) is 14.4. The molecule has 0 radical (unpaired) electrons. The third-order valence-electron chi connectivity index (χ3n) is 3.14. The van der Waals surface area contributed by atoms with Crippen molar-refractivity contribution in [2.75, 3.05) is 6.54 Å². The van der Waals surface area contributed by atoms with E-state index < -0.39 is 33.0 Å². The Labute approximate surface area is 119 Å². The molecule has 1 heterocycles. The van der Waals surface area contributed by atoms with Crippen LogP contribution in [0.3, 0.4) is 0 Å². The van der Waals surface area contributed by atoms with Gasteiger partial charge in [-0.2, -0.15) is 0 Å². The Hall–Kier alpha value is -1.21. The van der Waals surface area contributed by atoms with E-state index in [4.69, 9.17) is 0 Å². The van der Waals surface area contributed by atoms with Crippen LogP contribution in [-0.4, -0.2) is 35.7 Å². The highest BCUT2D eigenvalue weighted by Gasteiger charge is 2.60. The molecular weight excluding hydrogens is 334 g/mol. The third kappa shape index (κ3) is 2.01. The molecule has 0 aliphatic carbocycles. The summed E-state index contributed by atoms with van der Waals surface area (Å²) in [4.78, 5) is 23.8. The monoisotopic (exact) mass is 345 g/mol. The fourth-order valence-electron chi connectivity index (χ4n) is 1.82. The number of benzene rings is 1. The van der Waals surface area contributed by atoms with Gasteiger partial charge < -0.3 is 0 Å². The predicted molar refractivity (Wildman–Crippen MR) is 73.2 cm³/mol. The molecule has 1 aromatic carbocycles. The molecule has 1 saturated heterocycles. The van der Waals surface area contributed by atoms with Crippen molar-refractivity contribution in [3.05, 3.63) is 34.3 Å². The van der Waals surface area contributed by atoms with Gasteiger partial charge >= 0.3 is 0 Å². The zero-order valence-electron chi connectivity index (χ0n) is 10.4. The Morgan fingerprint density at radius 2 is 1.89 bits per heavy atom. The summed E-state index contributed by atoms with van der Waals surface area (Å²) < 4.78 is 23.5. The number of amides is 1. The van der Waals surface area contributed by atoms with Gasteiger partial charge in [-0.05, 0) is 19.9 Å². The number of Topliss-reactive ketones (excluding diaryl/α,β-unsaturated/α-hetero) is 1. The Morgan fingerprint density at radius 1 is 1.32 bits per heavy atom. The minimum atomic E-state index is -3.72. The van der Waals surface area contributed by atoms with Crippen LogP contribution in [0.1, 0.15) is 24.2 Å². The van der Waals surface area contributed by atoms with Gasteiger partial charge in [-0.3, -0.25) is 9.59 Å². The zero-order valence-corrected chi connectivity index (χ0v) is 12.8. The van der Waals surface area contributed by atoms with E-state index in [0.717, 1.165) is 0 Å². The van der Waals surface area contributed by atoms with Crippen molar-refractivity contribution >= 4 is 37.6 Å². The molecule has 0 spiro atoms. The van der Waals surface area contributed by atoms with E-state index in [2.05, 4.69) is 15.9 Å². The van der Waals surface area contributed by atoms with Crippen molar-refractivity contribution in [2.45, 2.75) is 18.6 Å². The summed E-state index contributed by atoms with van der Waals surface area (Å²) in [5, 5.41) is 0. The quantitative estimate of drug-likeness (QED) is 0.779. The summed E-state index contributed by atoms with van der Waals surface area (Å²) in [6, 6.07) is 6.68. The predicted octanol–water partition coefficient (Wildman–Crippen LogP) is 1.58. The van der Waals surface area contributed by atoms with Crippen LogP contribution >= 0.6 is 15.9 Å². The van der Waals surface area contributed by atoms with Crippen molar-refractivity contribution in [1.29, 1.82) is 0 Å². The normalized spacial score (nSPS) is 19.9. The van der Waals surface area contributed by atoms with Gasteiger partial charge in [0.05, 0.1) is 0 Å². The fraction of sp³-hybridized carbons (Fsp3) is 0.333. The van der Waals surface area contributed by atoms with Crippen LogP contribution in [0.15, 0.2) is 28.7 Å². The summed E-state index contributed by atoms with van der Waals surface area (Å²) in [6.07, 6.45) is 0. The van der Waals surface area contributed by atoms with Crippen LogP contribution in [0.2, 0.25) is 0 Å². The molecule has 1 aliphatic heterocycles. The number of nitrogens with zero attached hydrogens (tertiary/aromatic N) is 1. The molecule has 0 aromatic heterocycles. The Kier molecular flexibility index (Phi) is 3.30. The molecule has 2 rings (SSSR count). The first-order valence-electron chi connectivity index (χ1n) is 5.54. The maximum atomic E-state index is 12.0. The van der Waals surface area contributed by atoms with Gasteiger partial charge in [-0.1, -0.05) is 34.1 Å². The minimum absolute atomic E-state index is 0.357. The number of rotatable bonds is 3. The molecule has 1 aliphatic rings. The molecule has 102 valence electrons. The van der Waals surface area contributed by atoms with Crippen LogP contribution in [-0.2, 0) is 14.8 Å². The first-order valence-corrected chi connectivity index (χ1v) is 7.77. The SMILES string of the molecule is CC1(C)C(=O)N(CC(=O)c2ccccc2Br)S1(=O)=O. The van der Waals surface area contributed by atoms with Crippen molar-refractivity contribution in [1.82, 2.24) is 4.31 Å². The molecule has 0 saturated carbocycles. The molecule has 1 fully saturated rings. The summed E-state index contributed by atoms with van der Waals surface area (Å²) >= 11 is 3.22. The van der Waals surface area contributed by atoms with Crippen molar-refractivity contribution in [2.24, 2.45) is 0 Å². The van der Waals surface area contributed by atoms with E-state index in [-0.39, 0.29) is 0 Å². The molecule has 7 heteroatoms. The topological polar surface area (TPSA) is 71.5 Å². The number of hydrogen-bond donors (Lipinski definition) is 0. The molecule has 0 atom stereocenters. The van der Waals surface area contributed by atoms with E-state index in [1.165, 1.54) is 13.8 Å². The Bertz CT molecular complexity index is 666. The van der Waals surface area contributed by atoms with E-state index in [1.807, 2.05) is 0 Å². The number of carbonyl (C=O) groups is 2. The van der Waals surface area contributed by atoms with E-state index in [9.17, 15) is 18.0 Å². The highest BCUT2D eigenvalue weighted by Crippen LogP contribution is 2.34. The lowest BCUT2D eigenvalue weighted by Crippen LogP contribution is -2.68. The molecular formula is C12H12BrNO4S. The molecule has 5 nitrogen and oxygen atoms in total. The van der Waals surface area contributed by atoms with Gasteiger partial charge in [-0.15, -0.1) is 0 Å². The summed E-state index contributed by atoms with van der Waals surface area (Å²) in [6.45, 7) is 2.22. The number of sulfonamides is 1. The molecule has 0 unspecified atom stereocenters. The van der Waals surface area contributed by atoms with Gasteiger partial charge in [-0.25, -0.2) is 12.7 Å². The summed E-state index contributed by atoms with van der Waals surface area (Å²) in [5.41, 5.74) is 0.357. The van der Waals surface area contributed by atoms with Crippen LogP contribution in [0, 0.1) is 0 Å². The molecule has 19 heavy (non-hydrogen) atoms. The van der Waals surface area contributed by atoms with Crippen LogP contribution in [0.25, 0.3) is 0 Å². The van der Waals surface area contributed by atoms with Gasteiger partial charge in [0.1, 0.15) is 6.54 Å². The maximum absolute atomic E-state index is 12.0. The number of ketones is 1. The van der Waals surface area contributed by atoms with Gasteiger partial charge in [0.25, 0.3) is 15.9 Å². The summed E-state index contributed by atoms with van der Waals surface area (Å²) in [5.74, 6) is -0.965. The maximum Gasteiger partial charge on any atom is 0.259 e. The standard InChI is InChI=1S/C12H12BrNO4S/c1-12(2)11(16)14(19(12,17)18)7-10(15)8-5-3-4-6-9(8)13/h3-6H,7H2,1-2H3. The van der Waals surface area contributed by atoms with Crippen LogP contribution in [0.5, 0.6) is 0 Å². The molecule has 1 aromatic rings. The van der Waals surface area contributed by atoms with Crippen molar-refractivity contribution in [3.8, 4) is 0 Å². The first-order chi connectivity index (χ1) is 8.69. The first kappa shape index (κ1) is 14.2. The smallest absolute Gasteiger partial charge is 0.259 e. The highest BCUT2D eigenvalue weighted by atomic mass is 79.9. The highest BCUT2D eigenvalue weighted by molar-refractivity contribution is 9.10. The third-order valence-corrected chi connectivity index (χ3v) is 6.17. The van der Waals surface area contributed by atoms with Gasteiger partial charge in [0.2, 0.25) is 0 Å². The lowest BCUT2D eigenvalue weighted by molar-refractivity contribution is -0.131. The summed E-state index contributed by atoms with van der Waals surface area (Å²) in [7, 11) is -3.72. The van der Waals surface area contributed by atoms with Gasteiger partial charge in [0.15, 0.2) is 10.5 Å². The Balaban J connectivity index is 2.23. The lowest BCUT2D eigenvalue weighted by Gasteiger charge is -2.42. The van der Waals surface area contributed by atoms with Gasteiger partial charge in [0, 0.05) is 10.0 Å². The van der Waals surface area contributed by atoms with E-state index >= 15 is 0 Å².